The highest BCUT2D eigenvalue weighted by Crippen LogP contribution is 2.19. The van der Waals surface area contributed by atoms with Crippen LogP contribution in [0.2, 0.25) is 0 Å². The van der Waals surface area contributed by atoms with E-state index in [1.54, 1.807) is 0 Å². The summed E-state index contributed by atoms with van der Waals surface area (Å²) in [5.41, 5.74) is 7.49. The Morgan fingerprint density at radius 1 is 1.42 bits per heavy atom. The highest BCUT2D eigenvalue weighted by Gasteiger charge is 2.14. The molecule has 1 unspecified atom stereocenters. The lowest BCUT2D eigenvalue weighted by Gasteiger charge is -2.22. The van der Waals surface area contributed by atoms with E-state index in [0.717, 1.165) is 29.9 Å². The minimum absolute atomic E-state index is 0.241. The van der Waals surface area contributed by atoms with Crippen LogP contribution in [0.3, 0.4) is 0 Å². The van der Waals surface area contributed by atoms with E-state index in [2.05, 4.69) is 11.8 Å². The van der Waals surface area contributed by atoms with Crippen molar-refractivity contribution in [2.45, 2.75) is 32.3 Å². The molecule has 1 fully saturated rings. The molecule has 19 heavy (non-hydrogen) atoms. The lowest BCUT2D eigenvalue weighted by molar-refractivity contribution is -0.0110. The third-order valence-electron chi connectivity index (χ3n) is 3.23. The Bertz CT molecular complexity index is 467. The van der Waals surface area contributed by atoms with Crippen LogP contribution in [-0.2, 0) is 4.74 Å². The maximum atomic E-state index is 5.79. The zero-order valence-electron chi connectivity index (χ0n) is 11.4. The molecule has 0 spiro atoms. The molecule has 1 aromatic rings. The van der Waals surface area contributed by atoms with Gasteiger partial charge in [0.2, 0.25) is 0 Å². The third-order valence-corrected chi connectivity index (χ3v) is 3.23. The fraction of sp³-hybridized carbons (Fsp3) is 0.500. The molecule has 1 aromatic carbocycles. The number of nitrogens with two attached hydrogens (primary N) is 1. The average molecular weight is 259 g/mol. The summed E-state index contributed by atoms with van der Waals surface area (Å²) in [6, 6.07) is 5.95. The van der Waals surface area contributed by atoms with Gasteiger partial charge in [0.25, 0.3) is 0 Å². The molecule has 0 radical (unpaired) electrons. The largest absolute Gasteiger partial charge is 0.491 e. The van der Waals surface area contributed by atoms with Crippen molar-refractivity contribution in [3.8, 4) is 17.6 Å². The molecule has 1 saturated heterocycles. The van der Waals surface area contributed by atoms with Gasteiger partial charge >= 0.3 is 0 Å². The van der Waals surface area contributed by atoms with Crippen molar-refractivity contribution in [2.24, 2.45) is 5.73 Å². The van der Waals surface area contributed by atoms with Gasteiger partial charge < -0.3 is 15.2 Å². The van der Waals surface area contributed by atoms with Gasteiger partial charge in [-0.3, -0.25) is 0 Å². The number of hydrogen-bond donors (Lipinski definition) is 1. The second-order valence-corrected chi connectivity index (χ2v) is 4.78. The van der Waals surface area contributed by atoms with E-state index in [1.807, 2.05) is 25.1 Å². The van der Waals surface area contributed by atoms with Gasteiger partial charge in [0.15, 0.2) is 0 Å². The first-order chi connectivity index (χ1) is 9.29. The molecule has 1 aliphatic heterocycles. The summed E-state index contributed by atoms with van der Waals surface area (Å²) in [6.07, 6.45) is 3.75. The first-order valence-electron chi connectivity index (χ1n) is 6.83. The standard InChI is InChI=1S/C16H21NO2/c1-13-11-15(8-7-14(13)5-4-9-17)19-12-16-6-2-3-10-18-16/h7-8,11,16H,2-3,6,9-10,12,17H2,1H3. The number of benzene rings is 1. The molecule has 1 heterocycles. The molecule has 3 heteroatoms. The Morgan fingerprint density at radius 2 is 2.32 bits per heavy atom. The van der Waals surface area contributed by atoms with Crippen LogP contribution in [0.15, 0.2) is 18.2 Å². The van der Waals surface area contributed by atoms with E-state index < -0.39 is 0 Å². The van der Waals surface area contributed by atoms with E-state index in [9.17, 15) is 0 Å². The third kappa shape index (κ3) is 4.27. The number of ether oxygens (including phenoxy) is 2. The molecule has 0 saturated carbocycles. The van der Waals surface area contributed by atoms with Crippen LogP contribution in [-0.4, -0.2) is 25.9 Å². The summed E-state index contributed by atoms with van der Waals surface area (Å²) in [4.78, 5) is 0. The minimum atomic E-state index is 0.241. The lowest BCUT2D eigenvalue weighted by atomic mass is 10.1. The molecule has 1 aliphatic rings. The number of rotatable bonds is 3. The Kier molecular flexibility index (Phi) is 5.26. The van der Waals surface area contributed by atoms with Gasteiger partial charge in [-0.15, -0.1) is 0 Å². The van der Waals surface area contributed by atoms with Crippen LogP contribution in [0.1, 0.15) is 30.4 Å². The first-order valence-corrected chi connectivity index (χ1v) is 6.83. The van der Waals surface area contributed by atoms with Crippen molar-refractivity contribution in [2.75, 3.05) is 19.8 Å². The molecular formula is C16H21NO2. The van der Waals surface area contributed by atoms with Gasteiger partial charge in [-0.1, -0.05) is 11.8 Å². The van der Waals surface area contributed by atoms with Crippen molar-refractivity contribution in [3.05, 3.63) is 29.3 Å². The van der Waals surface area contributed by atoms with Gasteiger partial charge in [0, 0.05) is 12.2 Å². The molecule has 3 nitrogen and oxygen atoms in total. The Labute approximate surface area is 115 Å². The SMILES string of the molecule is Cc1cc(OCC2CCCCO2)ccc1C#CCN. The van der Waals surface area contributed by atoms with Crippen molar-refractivity contribution < 1.29 is 9.47 Å². The molecule has 0 amide bonds. The molecule has 0 aromatic heterocycles. The predicted molar refractivity (Wildman–Crippen MR) is 76.2 cm³/mol. The molecule has 0 aliphatic carbocycles. The summed E-state index contributed by atoms with van der Waals surface area (Å²) in [5.74, 6) is 6.80. The predicted octanol–water partition coefficient (Wildman–Crippen LogP) is 2.25. The van der Waals surface area contributed by atoms with Crippen LogP contribution in [0.4, 0.5) is 0 Å². The highest BCUT2D eigenvalue weighted by molar-refractivity contribution is 5.44. The van der Waals surface area contributed by atoms with Crippen molar-refractivity contribution in [1.29, 1.82) is 0 Å². The van der Waals surface area contributed by atoms with E-state index >= 15 is 0 Å². The molecule has 1 atom stereocenters. The van der Waals surface area contributed by atoms with Gasteiger partial charge in [-0.25, -0.2) is 0 Å². The summed E-state index contributed by atoms with van der Waals surface area (Å²) < 4.78 is 11.4. The minimum Gasteiger partial charge on any atom is -0.491 e. The van der Waals surface area contributed by atoms with Crippen LogP contribution in [0.5, 0.6) is 5.75 Å². The Morgan fingerprint density at radius 3 is 3.00 bits per heavy atom. The van der Waals surface area contributed by atoms with Crippen molar-refractivity contribution in [1.82, 2.24) is 0 Å². The summed E-state index contributed by atoms with van der Waals surface area (Å²) in [7, 11) is 0. The smallest absolute Gasteiger partial charge is 0.119 e. The molecule has 0 bridgehead atoms. The monoisotopic (exact) mass is 259 g/mol. The molecule has 2 N–H and O–H groups in total. The van der Waals surface area contributed by atoms with Crippen molar-refractivity contribution in [3.63, 3.8) is 0 Å². The Hall–Kier alpha value is -1.50. The van der Waals surface area contributed by atoms with E-state index in [-0.39, 0.29) is 6.10 Å². The van der Waals surface area contributed by atoms with Crippen LogP contribution in [0.25, 0.3) is 0 Å². The topological polar surface area (TPSA) is 44.5 Å². The maximum absolute atomic E-state index is 5.79. The van der Waals surface area contributed by atoms with E-state index in [1.165, 1.54) is 12.8 Å². The molecule has 102 valence electrons. The number of hydrogen-bond acceptors (Lipinski definition) is 3. The zero-order valence-corrected chi connectivity index (χ0v) is 11.4. The van der Waals surface area contributed by atoms with Gasteiger partial charge in [0.1, 0.15) is 12.4 Å². The molecular weight excluding hydrogens is 238 g/mol. The second kappa shape index (κ2) is 7.18. The summed E-state index contributed by atoms with van der Waals surface area (Å²) in [6.45, 7) is 3.91. The van der Waals surface area contributed by atoms with Crippen LogP contribution < -0.4 is 10.5 Å². The highest BCUT2D eigenvalue weighted by atomic mass is 16.5. The van der Waals surface area contributed by atoms with Crippen LogP contribution >= 0.6 is 0 Å². The fourth-order valence-corrected chi connectivity index (χ4v) is 2.14. The number of aryl methyl sites for hydroxylation is 1. The summed E-state index contributed by atoms with van der Waals surface area (Å²) >= 11 is 0. The van der Waals surface area contributed by atoms with Gasteiger partial charge in [-0.05, 0) is 49.9 Å². The van der Waals surface area contributed by atoms with Crippen molar-refractivity contribution >= 4 is 0 Å². The Balaban J connectivity index is 1.92. The first kappa shape index (κ1) is 13.9. The van der Waals surface area contributed by atoms with Crippen LogP contribution in [0, 0.1) is 18.8 Å². The quantitative estimate of drug-likeness (QED) is 0.847. The summed E-state index contributed by atoms with van der Waals surface area (Å²) in [5, 5.41) is 0. The lowest BCUT2D eigenvalue weighted by Crippen LogP contribution is -2.25. The molecule has 2 rings (SSSR count). The zero-order chi connectivity index (χ0) is 13.5. The maximum Gasteiger partial charge on any atom is 0.119 e. The second-order valence-electron chi connectivity index (χ2n) is 4.78. The van der Waals surface area contributed by atoms with E-state index in [0.29, 0.717) is 13.2 Å². The van der Waals surface area contributed by atoms with Gasteiger partial charge in [-0.2, -0.15) is 0 Å². The van der Waals surface area contributed by atoms with Gasteiger partial charge in [0.05, 0.1) is 12.6 Å². The normalized spacial score (nSPS) is 18.5. The van der Waals surface area contributed by atoms with E-state index in [4.69, 9.17) is 15.2 Å². The fourth-order valence-electron chi connectivity index (χ4n) is 2.14. The average Bonchev–Trinajstić information content (AvgIpc) is 2.45.